The first-order valence-corrected chi connectivity index (χ1v) is 6.67. The van der Waals surface area contributed by atoms with Gasteiger partial charge in [0.25, 0.3) is 5.91 Å². The number of aromatic nitrogens is 2. The predicted molar refractivity (Wildman–Crippen MR) is 80.8 cm³/mol. The molecule has 6 nitrogen and oxygen atoms in total. The van der Waals surface area contributed by atoms with E-state index in [1.54, 1.807) is 7.05 Å². The number of thiol groups is 1. The maximum absolute atomic E-state index is 11.4. The number of rotatable bonds is 6. The zero-order chi connectivity index (χ0) is 14.6. The third kappa shape index (κ3) is 3.73. The largest absolute Gasteiger partial charge is 0.366 e. The Morgan fingerprint density at radius 3 is 2.68 bits per heavy atom. The van der Waals surface area contributed by atoms with E-state index in [0.29, 0.717) is 17.5 Å². The summed E-state index contributed by atoms with van der Waals surface area (Å²) in [6, 6.07) is 0.0720. The molecule has 0 aliphatic carbocycles. The molecule has 0 fully saturated rings. The van der Waals surface area contributed by atoms with Gasteiger partial charge in [-0.05, 0) is 18.1 Å². The number of carbonyl (C=O) groups is 1. The van der Waals surface area contributed by atoms with Gasteiger partial charge in [0.05, 0.1) is 5.56 Å². The van der Waals surface area contributed by atoms with Crippen molar-refractivity contribution in [3.8, 4) is 0 Å². The number of hydrogen-bond acceptors (Lipinski definition) is 6. The molecule has 0 bridgehead atoms. The Bertz CT molecular complexity index is 463. The Balaban J connectivity index is 3.07. The van der Waals surface area contributed by atoms with Gasteiger partial charge in [-0.15, -0.1) is 0 Å². The van der Waals surface area contributed by atoms with Crippen LogP contribution in [-0.4, -0.2) is 34.7 Å². The predicted octanol–water partition coefficient (Wildman–Crippen LogP) is 1.37. The number of hydrogen-bond donors (Lipinski definition) is 4. The number of carbonyl (C=O) groups excluding carboxylic acids is 1. The Kier molecular flexibility index (Phi) is 4.99. The molecule has 1 atom stereocenters. The molecule has 0 radical (unpaired) electrons. The summed E-state index contributed by atoms with van der Waals surface area (Å²) in [5.74, 6) is 1.02. The second kappa shape index (κ2) is 6.10. The van der Waals surface area contributed by atoms with Crippen LogP contribution >= 0.6 is 12.6 Å². The van der Waals surface area contributed by atoms with Crippen LogP contribution < -0.4 is 16.4 Å². The van der Waals surface area contributed by atoms with Crippen LogP contribution in [0.15, 0.2) is 6.20 Å². The minimum atomic E-state index is -0.555. The Hall–Kier alpha value is -1.50. The van der Waals surface area contributed by atoms with Crippen molar-refractivity contribution < 1.29 is 4.79 Å². The molecule has 1 heterocycles. The van der Waals surface area contributed by atoms with Crippen LogP contribution in [0.3, 0.4) is 0 Å². The molecule has 0 saturated carbocycles. The van der Waals surface area contributed by atoms with E-state index in [1.807, 2.05) is 6.92 Å². The van der Waals surface area contributed by atoms with Crippen molar-refractivity contribution in [3.63, 3.8) is 0 Å². The van der Waals surface area contributed by atoms with E-state index in [2.05, 4.69) is 47.1 Å². The van der Waals surface area contributed by atoms with Gasteiger partial charge in [0.1, 0.15) is 5.82 Å². The lowest BCUT2D eigenvalue weighted by atomic mass is 9.87. The second-order valence-electron chi connectivity index (χ2n) is 5.08. The summed E-state index contributed by atoms with van der Waals surface area (Å²) in [5.41, 5.74) is 5.55. The maximum Gasteiger partial charge on any atom is 0.254 e. The van der Waals surface area contributed by atoms with Gasteiger partial charge in [-0.3, -0.25) is 4.79 Å². The smallest absolute Gasteiger partial charge is 0.254 e. The highest BCUT2D eigenvalue weighted by molar-refractivity contribution is 7.80. The normalized spacial score (nSPS) is 12.9. The zero-order valence-corrected chi connectivity index (χ0v) is 12.6. The number of primary amides is 1. The monoisotopic (exact) mass is 283 g/mol. The summed E-state index contributed by atoms with van der Waals surface area (Å²) >= 11 is 4.34. The summed E-state index contributed by atoms with van der Waals surface area (Å²) in [6.07, 6.45) is 1.42. The van der Waals surface area contributed by atoms with Crippen LogP contribution in [-0.2, 0) is 0 Å². The van der Waals surface area contributed by atoms with Crippen molar-refractivity contribution in [3.05, 3.63) is 11.8 Å². The van der Waals surface area contributed by atoms with E-state index in [-0.39, 0.29) is 17.0 Å². The number of nitrogens with two attached hydrogens (primary N) is 1. The van der Waals surface area contributed by atoms with Crippen molar-refractivity contribution in [1.82, 2.24) is 9.97 Å². The summed E-state index contributed by atoms with van der Waals surface area (Å²) in [7, 11) is 1.71. The first-order valence-electron chi connectivity index (χ1n) is 6.03. The Morgan fingerprint density at radius 2 is 2.21 bits per heavy atom. The topological polar surface area (TPSA) is 92.9 Å². The van der Waals surface area contributed by atoms with Gasteiger partial charge in [0.15, 0.2) is 0 Å². The van der Waals surface area contributed by atoms with E-state index in [9.17, 15) is 4.79 Å². The van der Waals surface area contributed by atoms with Crippen molar-refractivity contribution in [2.24, 2.45) is 11.1 Å². The maximum atomic E-state index is 11.4. The highest BCUT2D eigenvalue weighted by Gasteiger charge is 2.26. The minimum absolute atomic E-state index is 0.0528. The fourth-order valence-electron chi connectivity index (χ4n) is 1.33. The van der Waals surface area contributed by atoms with Crippen molar-refractivity contribution in [1.29, 1.82) is 0 Å². The van der Waals surface area contributed by atoms with Crippen LogP contribution in [0.1, 0.15) is 31.1 Å². The van der Waals surface area contributed by atoms with Gasteiger partial charge in [-0.25, -0.2) is 4.98 Å². The molecular weight excluding hydrogens is 262 g/mol. The number of amides is 1. The zero-order valence-electron chi connectivity index (χ0n) is 11.7. The third-order valence-corrected chi connectivity index (χ3v) is 4.03. The summed E-state index contributed by atoms with van der Waals surface area (Å²) < 4.78 is 0. The highest BCUT2D eigenvalue weighted by atomic mass is 32.1. The molecule has 7 heteroatoms. The lowest BCUT2D eigenvalue weighted by Gasteiger charge is -2.31. The molecule has 4 N–H and O–H groups in total. The van der Waals surface area contributed by atoms with E-state index < -0.39 is 5.91 Å². The molecule has 0 unspecified atom stereocenters. The molecule has 0 aromatic carbocycles. The standard InChI is InChI=1S/C12H21N5OS/c1-7(12(2,3)6-19)16-10-8(9(13)18)5-15-11(14-4)17-10/h5,7,19H,6H2,1-4H3,(H2,13,18)(H2,14,15,16,17)/t7-/m1/s1. The molecule has 0 saturated heterocycles. The first kappa shape index (κ1) is 15.6. The van der Waals surface area contributed by atoms with E-state index in [4.69, 9.17) is 5.73 Å². The van der Waals surface area contributed by atoms with E-state index in [0.717, 1.165) is 0 Å². The van der Waals surface area contributed by atoms with Gasteiger partial charge in [-0.2, -0.15) is 17.6 Å². The van der Waals surface area contributed by atoms with Crippen LogP contribution in [0, 0.1) is 5.41 Å². The highest BCUT2D eigenvalue weighted by Crippen LogP contribution is 2.26. The van der Waals surface area contributed by atoms with Gasteiger partial charge in [-0.1, -0.05) is 13.8 Å². The SMILES string of the molecule is CNc1ncc(C(N)=O)c(N[C@H](C)C(C)(C)CS)n1. The minimum Gasteiger partial charge on any atom is -0.366 e. The molecule has 1 aromatic rings. The summed E-state index contributed by atoms with van der Waals surface area (Å²) in [6.45, 7) is 6.19. The van der Waals surface area contributed by atoms with Crippen LogP contribution in [0.25, 0.3) is 0 Å². The summed E-state index contributed by atoms with van der Waals surface area (Å²) in [4.78, 5) is 19.6. The molecule has 0 spiro atoms. The average molecular weight is 283 g/mol. The molecule has 1 amide bonds. The van der Waals surface area contributed by atoms with Gasteiger partial charge in [0.2, 0.25) is 5.95 Å². The molecule has 0 aliphatic heterocycles. The van der Waals surface area contributed by atoms with Crippen molar-refractivity contribution in [2.45, 2.75) is 26.8 Å². The second-order valence-corrected chi connectivity index (χ2v) is 5.40. The van der Waals surface area contributed by atoms with Crippen molar-refractivity contribution >= 4 is 30.3 Å². The molecule has 1 aromatic heterocycles. The summed E-state index contributed by atoms with van der Waals surface area (Å²) in [5, 5.41) is 6.05. The molecule has 19 heavy (non-hydrogen) atoms. The average Bonchev–Trinajstić information content (AvgIpc) is 2.38. The molecule has 0 aliphatic rings. The Morgan fingerprint density at radius 1 is 1.58 bits per heavy atom. The lowest BCUT2D eigenvalue weighted by molar-refractivity contribution is 0.100. The third-order valence-electron chi connectivity index (χ3n) is 3.21. The molecular formula is C12H21N5OS. The van der Waals surface area contributed by atoms with E-state index in [1.165, 1.54) is 6.20 Å². The van der Waals surface area contributed by atoms with E-state index >= 15 is 0 Å². The van der Waals surface area contributed by atoms with Crippen LogP contribution in [0.2, 0.25) is 0 Å². The number of nitrogens with one attached hydrogen (secondary N) is 2. The molecule has 106 valence electrons. The van der Waals surface area contributed by atoms with Gasteiger partial charge in [0, 0.05) is 19.3 Å². The Labute approximate surface area is 119 Å². The molecule has 1 rings (SSSR count). The fourth-order valence-corrected chi connectivity index (χ4v) is 1.60. The van der Waals surface area contributed by atoms with Gasteiger partial charge < -0.3 is 16.4 Å². The lowest BCUT2D eigenvalue weighted by Crippen LogP contribution is -2.36. The van der Waals surface area contributed by atoms with Crippen molar-refractivity contribution in [2.75, 3.05) is 23.4 Å². The number of nitrogens with zero attached hydrogens (tertiary/aromatic N) is 2. The van der Waals surface area contributed by atoms with Crippen LogP contribution in [0.5, 0.6) is 0 Å². The first-order chi connectivity index (χ1) is 8.81. The van der Waals surface area contributed by atoms with Gasteiger partial charge >= 0.3 is 0 Å². The van der Waals surface area contributed by atoms with Crippen LogP contribution in [0.4, 0.5) is 11.8 Å². The fraction of sp³-hybridized carbons (Fsp3) is 0.583. The number of anilines is 2. The quantitative estimate of drug-likeness (QED) is 0.592.